The largest absolute Gasteiger partial charge is 0.394 e. The molecule has 1 aromatic heterocycles. The molecular formula is C10H15N3O4. The second kappa shape index (κ2) is 5.44. The van der Waals surface area contributed by atoms with Crippen LogP contribution in [0.25, 0.3) is 0 Å². The van der Waals surface area contributed by atoms with Gasteiger partial charge in [-0.2, -0.15) is 0 Å². The molecule has 0 aliphatic rings. The molecule has 1 rings (SSSR count). The van der Waals surface area contributed by atoms with Crippen molar-refractivity contribution in [1.82, 2.24) is 14.7 Å². The summed E-state index contributed by atoms with van der Waals surface area (Å²) in [5.74, 6) is -0.365. The van der Waals surface area contributed by atoms with E-state index in [4.69, 9.17) is 5.11 Å². The highest BCUT2D eigenvalue weighted by molar-refractivity contribution is 5.75. The summed E-state index contributed by atoms with van der Waals surface area (Å²) in [6.45, 7) is 1.26. The molecule has 1 unspecified atom stereocenters. The Bertz CT molecular complexity index is 505. The van der Waals surface area contributed by atoms with Crippen molar-refractivity contribution in [2.75, 3.05) is 13.7 Å². The van der Waals surface area contributed by atoms with Crippen molar-refractivity contribution in [3.05, 3.63) is 32.8 Å². The lowest BCUT2D eigenvalue weighted by Gasteiger charge is -2.23. The number of rotatable bonds is 4. The maximum absolute atomic E-state index is 11.7. The average molecular weight is 241 g/mol. The Hall–Kier alpha value is -1.89. The van der Waals surface area contributed by atoms with Crippen LogP contribution in [0.5, 0.6) is 0 Å². The number of nitrogens with zero attached hydrogens (tertiary/aromatic N) is 2. The maximum Gasteiger partial charge on any atom is 0.265 e. The minimum atomic E-state index is -0.456. The summed E-state index contributed by atoms with van der Waals surface area (Å²) >= 11 is 0. The monoisotopic (exact) mass is 241 g/mol. The van der Waals surface area contributed by atoms with Gasteiger partial charge in [0.1, 0.15) is 6.54 Å². The third-order valence-electron chi connectivity index (χ3n) is 2.50. The summed E-state index contributed by atoms with van der Waals surface area (Å²) in [5, 5.41) is 11.2. The number of aliphatic hydroxyl groups is 1. The van der Waals surface area contributed by atoms with Crippen LogP contribution in [0.15, 0.2) is 21.7 Å². The van der Waals surface area contributed by atoms with Crippen LogP contribution in [-0.2, 0) is 11.3 Å². The molecule has 0 spiro atoms. The fourth-order valence-electron chi connectivity index (χ4n) is 1.19. The lowest BCUT2D eigenvalue weighted by atomic mass is 10.3. The van der Waals surface area contributed by atoms with Gasteiger partial charge in [0.15, 0.2) is 0 Å². The Morgan fingerprint density at radius 1 is 1.53 bits per heavy atom. The fourth-order valence-corrected chi connectivity index (χ4v) is 1.19. The average Bonchev–Trinajstić information content (AvgIpc) is 2.31. The molecule has 0 saturated heterocycles. The highest BCUT2D eigenvalue weighted by Crippen LogP contribution is 1.95. The molecule has 0 bridgehead atoms. The predicted octanol–water partition coefficient (Wildman–Crippen LogP) is -1.62. The van der Waals surface area contributed by atoms with E-state index in [0.29, 0.717) is 0 Å². The maximum atomic E-state index is 11.7. The smallest absolute Gasteiger partial charge is 0.265 e. The molecule has 1 atom stereocenters. The number of aliphatic hydroxyl groups excluding tert-OH is 1. The van der Waals surface area contributed by atoms with Crippen LogP contribution in [0.1, 0.15) is 6.92 Å². The first kappa shape index (κ1) is 13.2. The van der Waals surface area contributed by atoms with Gasteiger partial charge in [-0.1, -0.05) is 0 Å². The van der Waals surface area contributed by atoms with Crippen LogP contribution >= 0.6 is 0 Å². The van der Waals surface area contributed by atoms with Gasteiger partial charge in [0.2, 0.25) is 5.91 Å². The Kier molecular flexibility index (Phi) is 4.22. The van der Waals surface area contributed by atoms with Crippen molar-refractivity contribution >= 4 is 5.91 Å². The van der Waals surface area contributed by atoms with Gasteiger partial charge in [0, 0.05) is 19.2 Å². The first-order valence-corrected chi connectivity index (χ1v) is 5.12. The van der Waals surface area contributed by atoms with Crippen molar-refractivity contribution in [1.29, 1.82) is 0 Å². The fraction of sp³-hybridized carbons (Fsp3) is 0.500. The van der Waals surface area contributed by atoms with Gasteiger partial charge in [0.25, 0.3) is 11.1 Å². The van der Waals surface area contributed by atoms with Gasteiger partial charge in [0.05, 0.1) is 12.6 Å². The highest BCUT2D eigenvalue weighted by atomic mass is 16.3. The number of likely N-dealkylation sites (N-methyl/N-ethyl adjacent to an activating group) is 1. The summed E-state index contributed by atoms with van der Waals surface area (Å²) < 4.78 is 0.936. The van der Waals surface area contributed by atoms with E-state index in [1.54, 1.807) is 6.92 Å². The Balaban J connectivity index is 2.85. The van der Waals surface area contributed by atoms with E-state index in [9.17, 15) is 14.4 Å². The van der Waals surface area contributed by atoms with Crippen molar-refractivity contribution < 1.29 is 9.90 Å². The predicted molar refractivity (Wildman–Crippen MR) is 60.6 cm³/mol. The topological polar surface area (TPSA) is 95.4 Å². The summed E-state index contributed by atoms with van der Waals surface area (Å²) in [6, 6.07) is 1.86. The molecule has 0 aliphatic carbocycles. The van der Waals surface area contributed by atoms with E-state index in [-0.39, 0.29) is 25.1 Å². The number of nitrogens with one attached hydrogen (secondary N) is 1. The van der Waals surface area contributed by atoms with Crippen molar-refractivity contribution in [2.45, 2.75) is 19.5 Å². The molecule has 1 aromatic rings. The summed E-state index contributed by atoms with van der Waals surface area (Å²) in [6.07, 6.45) is 0. The zero-order valence-electron chi connectivity index (χ0n) is 9.71. The Labute approximate surface area is 97.3 Å². The second-order valence-corrected chi connectivity index (χ2v) is 3.77. The lowest BCUT2D eigenvalue weighted by molar-refractivity contribution is -0.133. The molecule has 0 fully saturated rings. The third kappa shape index (κ3) is 3.28. The standard InChI is InChI=1S/C10H15N3O4/c1-7(6-14)12(2)10(17)5-13-9(16)4-3-8(15)11-13/h3-4,7,14H,5-6H2,1-2H3,(H,11,15). The molecular weight excluding hydrogens is 226 g/mol. The Morgan fingerprint density at radius 2 is 2.18 bits per heavy atom. The SMILES string of the molecule is CC(CO)N(C)C(=O)Cn1[nH]c(=O)ccc1=O. The quantitative estimate of drug-likeness (QED) is 0.662. The first-order valence-electron chi connectivity index (χ1n) is 5.12. The van der Waals surface area contributed by atoms with E-state index in [2.05, 4.69) is 5.10 Å². The van der Waals surface area contributed by atoms with Gasteiger partial charge in [-0.05, 0) is 6.92 Å². The van der Waals surface area contributed by atoms with E-state index in [1.807, 2.05) is 0 Å². The number of carbonyl (C=O) groups excluding carboxylic acids is 1. The number of aromatic amines is 1. The Morgan fingerprint density at radius 3 is 2.76 bits per heavy atom. The van der Waals surface area contributed by atoms with Crippen molar-refractivity contribution in [3.8, 4) is 0 Å². The van der Waals surface area contributed by atoms with Crippen LogP contribution in [0.2, 0.25) is 0 Å². The van der Waals surface area contributed by atoms with Gasteiger partial charge in [-0.25, -0.2) is 4.68 Å². The lowest BCUT2D eigenvalue weighted by Crippen LogP contribution is -2.42. The number of hydrogen-bond acceptors (Lipinski definition) is 4. The zero-order chi connectivity index (χ0) is 13.0. The molecule has 1 amide bonds. The van der Waals surface area contributed by atoms with Crippen molar-refractivity contribution in [3.63, 3.8) is 0 Å². The minimum Gasteiger partial charge on any atom is -0.394 e. The van der Waals surface area contributed by atoms with Crippen LogP contribution in [-0.4, -0.2) is 45.4 Å². The van der Waals surface area contributed by atoms with E-state index in [1.165, 1.54) is 11.9 Å². The second-order valence-electron chi connectivity index (χ2n) is 3.77. The van der Waals surface area contributed by atoms with E-state index >= 15 is 0 Å². The van der Waals surface area contributed by atoms with E-state index in [0.717, 1.165) is 16.8 Å². The van der Waals surface area contributed by atoms with Gasteiger partial charge in [-0.3, -0.25) is 19.5 Å². The minimum absolute atomic E-state index is 0.164. The first-order chi connectivity index (χ1) is 7.95. The van der Waals surface area contributed by atoms with Crippen LogP contribution in [0.3, 0.4) is 0 Å². The molecule has 7 nitrogen and oxygen atoms in total. The van der Waals surface area contributed by atoms with E-state index < -0.39 is 11.1 Å². The van der Waals surface area contributed by atoms with Crippen LogP contribution in [0.4, 0.5) is 0 Å². The molecule has 0 aromatic carbocycles. The molecule has 17 heavy (non-hydrogen) atoms. The van der Waals surface area contributed by atoms with Gasteiger partial charge in [-0.15, -0.1) is 0 Å². The summed E-state index contributed by atoms with van der Waals surface area (Å²) in [5.41, 5.74) is -0.904. The zero-order valence-corrected chi connectivity index (χ0v) is 9.71. The molecule has 0 saturated carbocycles. The van der Waals surface area contributed by atoms with Crippen LogP contribution in [0, 0.1) is 0 Å². The number of amides is 1. The van der Waals surface area contributed by atoms with Gasteiger partial charge < -0.3 is 10.0 Å². The molecule has 0 aliphatic heterocycles. The number of H-pyrrole nitrogens is 1. The normalized spacial score (nSPS) is 12.2. The van der Waals surface area contributed by atoms with Crippen molar-refractivity contribution in [2.24, 2.45) is 0 Å². The number of aromatic nitrogens is 2. The van der Waals surface area contributed by atoms with Gasteiger partial charge >= 0.3 is 0 Å². The molecule has 1 heterocycles. The summed E-state index contributed by atoms with van der Waals surface area (Å²) in [4.78, 5) is 35.4. The highest BCUT2D eigenvalue weighted by Gasteiger charge is 2.15. The summed E-state index contributed by atoms with van der Waals surface area (Å²) in [7, 11) is 1.52. The molecule has 94 valence electrons. The third-order valence-corrected chi connectivity index (χ3v) is 2.50. The number of carbonyl (C=O) groups is 1. The molecule has 2 N–H and O–H groups in total. The number of hydrogen-bond donors (Lipinski definition) is 2. The molecule has 0 radical (unpaired) electrons. The molecule has 7 heteroatoms. The van der Waals surface area contributed by atoms with Crippen LogP contribution < -0.4 is 11.1 Å².